The molecule has 1 saturated heterocycles. The number of carboxylic acid groups (broad SMARTS) is 1. The number of carboxylic acids is 1. The normalized spacial score (nSPS) is 27.4. The molecule has 1 aromatic carbocycles. The van der Waals surface area contributed by atoms with Crippen molar-refractivity contribution in [3.8, 4) is 17.0 Å². The Morgan fingerprint density at radius 3 is 2.22 bits per heavy atom. The Morgan fingerprint density at radius 2 is 1.57 bits per heavy atom. The SMILES string of the molecule is O=C(NC1(C(=O)O)C2CC3CC(C2)CC1C3)c1ccc(-c2cn(C3CCCCC3)c3cc(OC4CCN(c5ncccn5)CC4)ccc23)nc1C(F)(F)F. The first-order valence-corrected chi connectivity index (χ1v) is 19.5. The molecule has 4 bridgehead atoms. The van der Waals surface area contributed by atoms with E-state index in [0.717, 1.165) is 75.4 Å². The summed E-state index contributed by atoms with van der Waals surface area (Å²) in [6.45, 7) is 1.53. The van der Waals surface area contributed by atoms with Crippen LogP contribution in [0.5, 0.6) is 5.75 Å². The van der Waals surface area contributed by atoms with Crippen LogP contribution in [0.2, 0.25) is 0 Å². The van der Waals surface area contributed by atoms with Crippen molar-refractivity contribution in [3.63, 3.8) is 0 Å². The summed E-state index contributed by atoms with van der Waals surface area (Å²) >= 11 is 0. The van der Waals surface area contributed by atoms with E-state index in [1.807, 2.05) is 24.4 Å². The fraction of sp³-hybridized carbons (Fsp3) is 0.537. The summed E-state index contributed by atoms with van der Waals surface area (Å²) in [5.41, 5.74) is -2.03. The van der Waals surface area contributed by atoms with Crippen LogP contribution >= 0.6 is 0 Å². The van der Waals surface area contributed by atoms with Crippen LogP contribution in [0.25, 0.3) is 22.2 Å². The number of aromatic nitrogens is 4. The molecule has 0 radical (unpaired) electrons. The molecule has 0 atom stereocenters. The lowest BCUT2D eigenvalue weighted by Crippen LogP contribution is -2.70. The van der Waals surface area contributed by atoms with Crippen molar-refractivity contribution < 1.29 is 32.6 Å². The number of halogens is 3. The van der Waals surface area contributed by atoms with Gasteiger partial charge in [0, 0.05) is 67.6 Å². The molecule has 10 nitrogen and oxygen atoms in total. The van der Waals surface area contributed by atoms with Gasteiger partial charge in [-0.3, -0.25) is 4.79 Å². The van der Waals surface area contributed by atoms with Crippen molar-refractivity contribution in [3.05, 3.63) is 66.2 Å². The predicted octanol–water partition coefficient (Wildman–Crippen LogP) is 8.07. The Kier molecular flexibility index (Phi) is 8.80. The van der Waals surface area contributed by atoms with E-state index in [9.17, 15) is 27.9 Å². The summed E-state index contributed by atoms with van der Waals surface area (Å²) in [6, 6.07) is 10.4. The highest BCUT2D eigenvalue weighted by molar-refractivity contribution is 6.00. The molecule has 5 saturated carbocycles. The second-order valence-electron chi connectivity index (χ2n) is 16.3. The molecule has 284 valence electrons. The van der Waals surface area contributed by atoms with Gasteiger partial charge < -0.3 is 24.6 Å². The average molecular weight is 743 g/mol. The summed E-state index contributed by atoms with van der Waals surface area (Å²) < 4.78 is 53.2. The second-order valence-corrected chi connectivity index (χ2v) is 16.3. The number of piperidine rings is 1. The zero-order valence-electron chi connectivity index (χ0n) is 30.1. The summed E-state index contributed by atoms with van der Waals surface area (Å²) in [6.07, 6.45) is 11.0. The number of carbonyl (C=O) groups excluding carboxylic acids is 1. The Bertz CT molecular complexity index is 2030. The molecule has 1 amide bonds. The minimum absolute atomic E-state index is 0.00573. The standard InChI is InChI=1S/C41H45F3N6O4/c42-41(43,44)36-32(37(51)48-40(38(52)53)26-18-24-17-25(20-26)21-27(40)19-24)9-10-34(47-36)33-23-50(28-5-2-1-3-6-28)35-22-30(7-8-31(33)35)54-29-11-15-49(16-12-29)39-45-13-4-14-46-39/h4,7-10,13-14,22-29H,1-3,5-6,11-12,15-21H2,(H,48,51)(H,52,53). The number of nitrogens with zero attached hydrogens (tertiary/aromatic N) is 5. The van der Waals surface area contributed by atoms with E-state index in [4.69, 9.17) is 4.74 Å². The summed E-state index contributed by atoms with van der Waals surface area (Å²) in [4.78, 5) is 41.8. The molecule has 10 rings (SSSR count). The molecule has 6 aliphatic rings. The van der Waals surface area contributed by atoms with Crippen LogP contribution in [0.1, 0.15) is 99.1 Å². The monoisotopic (exact) mass is 742 g/mol. The Labute approximate surface area is 311 Å². The summed E-state index contributed by atoms with van der Waals surface area (Å²) in [5.74, 6) is -0.559. The minimum Gasteiger partial charge on any atom is -0.490 e. The van der Waals surface area contributed by atoms with E-state index in [-0.39, 0.29) is 29.7 Å². The number of benzene rings is 1. The number of hydrogen-bond acceptors (Lipinski definition) is 7. The van der Waals surface area contributed by atoms with Gasteiger partial charge in [0.15, 0.2) is 5.69 Å². The average Bonchev–Trinajstić information content (AvgIpc) is 3.55. The fourth-order valence-corrected chi connectivity index (χ4v) is 10.8. The lowest BCUT2D eigenvalue weighted by Gasteiger charge is -2.59. The van der Waals surface area contributed by atoms with Gasteiger partial charge in [-0.15, -0.1) is 0 Å². The fourth-order valence-electron chi connectivity index (χ4n) is 10.8. The molecule has 3 aromatic heterocycles. The molecule has 13 heteroatoms. The van der Waals surface area contributed by atoms with Crippen LogP contribution in [0.4, 0.5) is 19.1 Å². The van der Waals surface area contributed by atoms with Gasteiger partial charge in [0.2, 0.25) is 5.95 Å². The molecule has 5 aliphatic carbocycles. The van der Waals surface area contributed by atoms with Crippen molar-refractivity contribution in [2.24, 2.45) is 23.7 Å². The Morgan fingerprint density at radius 1 is 0.889 bits per heavy atom. The first-order valence-electron chi connectivity index (χ1n) is 19.5. The highest BCUT2D eigenvalue weighted by Crippen LogP contribution is 2.58. The topological polar surface area (TPSA) is 122 Å². The first kappa shape index (κ1) is 35.0. The van der Waals surface area contributed by atoms with Crippen molar-refractivity contribution in [2.45, 2.75) is 101 Å². The van der Waals surface area contributed by atoms with E-state index in [1.54, 1.807) is 18.5 Å². The third kappa shape index (κ3) is 6.17. The van der Waals surface area contributed by atoms with E-state index in [1.165, 1.54) is 12.1 Å². The van der Waals surface area contributed by atoms with Crippen molar-refractivity contribution in [2.75, 3.05) is 18.0 Å². The van der Waals surface area contributed by atoms with Gasteiger partial charge >= 0.3 is 12.1 Å². The molecule has 1 aliphatic heterocycles. The number of alkyl halides is 3. The van der Waals surface area contributed by atoms with E-state index in [2.05, 4.69) is 29.7 Å². The number of rotatable bonds is 8. The lowest BCUT2D eigenvalue weighted by molar-refractivity contribution is -0.163. The van der Waals surface area contributed by atoms with Gasteiger partial charge in [-0.05, 0) is 98.9 Å². The quantitative estimate of drug-likeness (QED) is 0.186. The van der Waals surface area contributed by atoms with Gasteiger partial charge in [0.1, 0.15) is 17.4 Å². The van der Waals surface area contributed by atoms with Gasteiger partial charge in [-0.25, -0.2) is 19.7 Å². The second kappa shape index (κ2) is 13.6. The maximum Gasteiger partial charge on any atom is 0.434 e. The van der Waals surface area contributed by atoms with Crippen LogP contribution in [-0.2, 0) is 11.0 Å². The molecule has 2 N–H and O–H groups in total. The number of carbonyl (C=O) groups is 2. The number of fused-ring (bicyclic) bond motifs is 1. The molecule has 54 heavy (non-hydrogen) atoms. The van der Waals surface area contributed by atoms with Gasteiger partial charge in [-0.2, -0.15) is 13.2 Å². The maximum atomic E-state index is 14.8. The third-order valence-corrected chi connectivity index (χ3v) is 13.1. The molecular formula is C41H45F3N6O4. The van der Waals surface area contributed by atoms with Crippen molar-refractivity contribution in [1.82, 2.24) is 24.8 Å². The van der Waals surface area contributed by atoms with Crippen LogP contribution in [0.15, 0.2) is 55.0 Å². The molecule has 0 unspecified atom stereocenters. The molecule has 6 fully saturated rings. The smallest absolute Gasteiger partial charge is 0.434 e. The van der Waals surface area contributed by atoms with Crippen LogP contribution in [0, 0.1) is 23.7 Å². The van der Waals surface area contributed by atoms with E-state index >= 15 is 0 Å². The zero-order chi connectivity index (χ0) is 37.2. The number of aliphatic carboxylic acids is 1. The van der Waals surface area contributed by atoms with Gasteiger partial charge in [0.25, 0.3) is 5.91 Å². The van der Waals surface area contributed by atoms with E-state index in [0.29, 0.717) is 54.8 Å². The molecular weight excluding hydrogens is 697 g/mol. The van der Waals surface area contributed by atoms with Crippen LogP contribution < -0.4 is 15.0 Å². The number of amides is 1. The number of pyridine rings is 1. The van der Waals surface area contributed by atoms with Crippen molar-refractivity contribution in [1.29, 1.82) is 0 Å². The molecule has 0 spiro atoms. The Balaban J connectivity index is 1.02. The number of nitrogens with one attached hydrogen (secondary N) is 1. The highest BCUT2D eigenvalue weighted by Gasteiger charge is 2.62. The first-order chi connectivity index (χ1) is 26.1. The number of ether oxygens (including phenoxy) is 1. The van der Waals surface area contributed by atoms with Gasteiger partial charge in [-0.1, -0.05) is 19.3 Å². The molecule has 4 heterocycles. The van der Waals surface area contributed by atoms with Gasteiger partial charge in [0.05, 0.1) is 16.8 Å². The summed E-state index contributed by atoms with van der Waals surface area (Å²) in [5, 5.41) is 14.0. The number of hydrogen-bond donors (Lipinski definition) is 2. The minimum atomic E-state index is -4.95. The maximum absolute atomic E-state index is 14.8. The third-order valence-electron chi connectivity index (χ3n) is 13.1. The number of anilines is 1. The highest BCUT2D eigenvalue weighted by atomic mass is 19.4. The summed E-state index contributed by atoms with van der Waals surface area (Å²) in [7, 11) is 0. The van der Waals surface area contributed by atoms with Crippen LogP contribution in [-0.4, -0.2) is 61.2 Å². The van der Waals surface area contributed by atoms with E-state index < -0.39 is 34.8 Å². The predicted molar refractivity (Wildman–Crippen MR) is 195 cm³/mol. The molecule has 4 aromatic rings. The lowest BCUT2D eigenvalue weighted by atomic mass is 9.48. The Hall–Kier alpha value is -4.68. The van der Waals surface area contributed by atoms with Crippen LogP contribution in [0.3, 0.4) is 0 Å². The largest absolute Gasteiger partial charge is 0.490 e. The zero-order valence-corrected chi connectivity index (χ0v) is 30.1. The van der Waals surface area contributed by atoms with Crippen molar-refractivity contribution >= 4 is 28.7 Å².